The minimum atomic E-state index is 0.825. The zero-order valence-electron chi connectivity index (χ0n) is 11.2. The van der Waals surface area contributed by atoms with Gasteiger partial charge in [-0.25, -0.2) is 4.98 Å². The first kappa shape index (κ1) is 12.8. The number of imidazole rings is 1. The lowest BCUT2D eigenvalue weighted by molar-refractivity contribution is 0.666. The first-order chi connectivity index (χ1) is 8.70. The number of pyridine rings is 1. The van der Waals surface area contributed by atoms with Gasteiger partial charge in [-0.05, 0) is 37.9 Å². The Hall–Kier alpha value is -1.68. The van der Waals surface area contributed by atoms with Crippen molar-refractivity contribution < 1.29 is 0 Å². The smallest absolute Gasteiger partial charge is 0.156 e. The molecule has 4 nitrogen and oxygen atoms in total. The van der Waals surface area contributed by atoms with Crippen molar-refractivity contribution in [3.05, 3.63) is 35.3 Å². The molecule has 0 saturated heterocycles. The van der Waals surface area contributed by atoms with Gasteiger partial charge in [0.2, 0.25) is 0 Å². The highest BCUT2D eigenvalue weighted by atomic mass is 15.0. The molecule has 0 bridgehead atoms. The van der Waals surface area contributed by atoms with Crippen molar-refractivity contribution >= 4 is 0 Å². The van der Waals surface area contributed by atoms with Crippen LogP contribution < -0.4 is 5.32 Å². The zero-order chi connectivity index (χ0) is 13.0. The van der Waals surface area contributed by atoms with Crippen molar-refractivity contribution in [3.63, 3.8) is 0 Å². The van der Waals surface area contributed by atoms with Crippen LogP contribution in [-0.4, -0.2) is 21.5 Å². The Morgan fingerprint density at radius 2 is 2.06 bits per heavy atom. The summed E-state index contributed by atoms with van der Waals surface area (Å²) in [4.78, 5) is 12.2. The highest BCUT2D eigenvalue weighted by Gasteiger charge is 2.07. The van der Waals surface area contributed by atoms with Crippen LogP contribution in [0.1, 0.15) is 30.2 Å². The van der Waals surface area contributed by atoms with E-state index in [0.29, 0.717) is 0 Å². The van der Waals surface area contributed by atoms with E-state index in [9.17, 15) is 0 Å². The number of H-pyrrole nitrogens is 1. The number of aryl methyl sites for hydroxylation is 2. The maximum Gasteiger partial charge on any atom is 0.156 e. The average Bonchev–Trinajstić information content (AvgIpc) is 2.78. The van der Waals surface area contributed by atoms with Crippen molar-refractivity contribution in [3.8, 4) is 11.5 Å². The van der Waals surface area contributed by atoms with E-state index in [4.69, 9.17) is 0 Å². The highest BCUT2D eigenvalue weighted by molar-refractivity contribution is 5.55. The molecule has 4 heteroatoms. The number of rotatable bonds is 5. The molecule has 2 rings (SSSR count). The van der Waals surface area contributed by atoms with Gasteiger partial charge in [0, 0.05) is 18.4 Å². The van der Waals surface area contributed by atoms with Crippen LogP contribution in [0.4, 0.5) is 0 Å². The van der Waals surface area contributed by atoms with Crippen LogP contribution in [0.15, 0.2) is 18.5 Å². The second-order valence-electron chi connectivity index (χ2n) is 4.61. The second-order valence-corrected chi connectivity index (χ2v) is 4.61. The summed E-state index contributed by atoms with van der Waals surface area (Å²) < 4.78 is 0. The first-order valence-electron chi connectivity index (χ1n) is 6.39. The third-order valence-electron chi connectivity index (χ3n) is 2.81. The molecule has 0 aliphatic rings. The van der Waals surface area contributed by atoms with Crippen LogP contribution in [-0.2, 0) is 6.54 Å². The third-order valence-corrected chi connectivity index (χ3v) is 2.81. The van der Waals surface area contributed by atoms with E-state index in [-0.39, 0.29) is 0 Å². The first-order valence-corrected chi connectivity index (χ1v) is 6.39. The number of nitrogens with one attached hydrogen (secondary N) is 2. The molecule has 0 radical (unpaired) electrons. The van der Waals surface area contributed by atoms with Gasteiger partial charge >= 0.3 is 0 Å². The van der Waals surface area contributed by atoms with Crippen molar-refractivity contribution in [2.24, 2.45) is 0 Å². The zero-order valence-corrected chi connectivity index (χ0v) is 11.2. The van der Waals surface area contributed by atoms with E-state index in [1.54, 1.807) is 0 Å². The molecule has 0 amide bonds. The van der Waals surface area contributed by atoms with Gasteiger partial charge in [-0.15, -0.1) is 0 Å². The quantitative estimate of drug-likeness (QED) is 0.795. The molecular formula is C14H20N4. The van der Waals surface area contributed by atoms with Gasteiger partial charge in [-0.1, -0.05) is 13.0 Å². The van der Waals surface area contributed by atoms with E-state index < -0.39 is 0 Å². The van der Waals surface area contributed by atoms with Crippen LogP contribution in [0, 0.1) is 13.8 Å². The van der Waals surface area contributed by atoms with Crippen LogP contribution in [0.5, 0.6) is 0 Å². The maximum atomic E-state index is 4.44. The number of aromatic amines is 1. The van der Waals surface area contributed by atoms with Crippen LogP contribution >= 0.6 is 0 Å². The van der Waals surface area contributed by atoms with Gasteiger partial charge in [0.1, 0.15) is 5.69 Å². The van der Waals surface area contributed by atoms with Crippen molar-refractivity contribution in [2.45, 2.75) is 33.7 Å². The fourth-order valence-corrected chi connectivity index (χ4v) is 1.93. The van der Waals surface area contributed by atoms with E-state index in [1.807, 2.05) is 19.3 Å². The normalized spacial score (nSPS) is 10.8. The largest absolute Gasteiger partial charge is 0.339 e. The highest BCUT2D eigenvalue weighted by Crippen LogP contribution is 2.18. The lowest BCUT2D eigenvalue weighted by Crippen LogP contribution is -2.13. The summed E-state index contributed by atoms with van der Waals surface area (Å²) in [5, 5.41) is 3.35. The van der Waals surface area contributed by atoms with Crippen LogP contribution in [0.25, 0.3) is 11.5 Å². The minimum Gasteiger partial charge on any atom is -0.339 e. The summed E-state index contributed by atoms with van der Waals surface area (Å²) in [6.07, 6.45) is 4.89. The van der Waals surface area contributed by atoms with E-state index in [1.165, 1.54) is 5.56 Å². The molecule has 2 aromatic heterocycles. The molecule has 2 N–H and O–H groups in total. The van der Waals surface area contributed by atoms with Gasteiger partial charge in [0.05, 0.1) is 6.20 Å². The van der Waals surface area contributed by atoms with E-state index in [2.05, 4.69) is 40.2 Å². The molecule has 0 spiro atoms. The molecule has 0 atom stereocenters. The standard InChI is InChI=1S/C14H20N4/c1-4-5-15-8-12-9-17-14(18-12)13-11(3)6-10(2)7-16-13/h6-7,9,15H,4-5,8H2,1-3H3,(H,17,18). The van der Waals surface area contributed by atoms with Gasteiger partial charge < -0.3 is 10.3 Å². The second kappa shape index (κ2) is 5.78. The predicted octanol–water partition coefficient (Wildman–Crippen LogP) is 2.59. The average molecular weight is 244 g/mol. The minimum absolute atomic E-state index is 0.825. The Balaban J connectivity index is 2.13. The van der Waals surface area contributed by atoms with E-state index >= 15 is 0 Å². The summed E-state index contributed by atoms with van der Waals surface area (Å²) >= 11 is 0. The molecule has 0 aliphatic carbocycles. The molecular weight excluding hydrogens is 224 g/mol. The van der Waals surface area contributed by atoms with Gasteiger partial charge in [0.25, 0.3) is 0 Å². The maximum absolute atomic E-state index is 4.44. The number of aromatic nitrogens is 3. The molecule has 0 fully saturated rings. The lowest BCUT2D eigenvalue weighted by Gasteiger charge is -2.03. The van der Waals surface area contributed by atoms with Crippen molar-refractivity contribution in [1.29, 1.82) is 0 Å². The Morgan fingerprint density at radius 1 is 1.22 bits per heavy atom. The fraction of sp³-hybridized carbons (Fsp3) is 0.429. The van der Waals surface area contributed by atoms with E-state index in [0.717, 1.165) is 42.3 Å². The van der Waals surface area contributed by atoms with Crippen LogP contribution in [0.2, 0.25) is 0 Å². The Bertz CT molecular complexity index is 516. The van der Waals surface area contributed by atoms with Gasteiger partial charge in [-0.2, -0.15) is 0 Å². The van der Waals surface area contributed by atoms with Crippen molar-refractivity contribution in [1.82, 2.24) is 20.3 Å². The summed E-state index contributed by atoms with van der Waals surface area (Å²) in [6.45, 7) is 8.12. The van der Waals surface area contributed by atoms with Crippen LogP contribution in [0.3, 0.4) is 0 Å². The molecule has 0 saturated carbocycles. The summed E-state index contributed by atoms with van der Waals surface area (Å²) in [6, 6.07) is 2.12. The summed E-state index contributed by atoms with van der Waals surface area (Å²) in [7, 11) is 0. The van der Waals surface area contributed by atoms with Gasteiger partial charge in [0.15, 0.2) is 5.82 Å². The number of hydrogen-bond acceptors (Lipinski definition) is 3. The Labute approximate surface area is 108 Å². The fourth-order valence-electron chi connectivity index (χ4n) is 1.93. The molecule has 18 heavy (non-hydrogen) atoms. The molecule has 96 valence electrons. The molecule has 0 aromatic carbocycles. The third kappa shape index (κ3) is 2.96. The summed E-state index contributed by atoms with van der Waals surface area (Å²) in [5.74, 6) is 0.848. The summed E-state index contributed by atoms with van der Waals surface area (Å²) in [5.41, 5.74) is 4.35. The molecule has 2 aromatic rings. The van der Waals surface area contributed by atoms with Gasteiger partial charge in [-0.3, -0.25) is 4.98 Å². The lowest BCUT2D eigenvalue weighted by atomic mass is 10.1. The Kier molecular flexibility index (Phi) is 4.10. The molecule has 2 heterocycles. The SMILES string of the molecule is CCCNCc1cnc(-c2ncc(C)cc2C)[nH]1. The number of nitrogens with zero attached hydrogens (tertiary/aromatic N) is 2. The topological polar surface area (TPSA) is 53.6 Å². The number of hydrogen-bond donors (Lipinski definition) is 2. The van der Waals surface area contributed by atoms with Crippen molar-refractivity contribution in [2.75, 3.05) is 6.54 Å². The molecule has 0 unspecified atom stereocenters. The molecule has 0 aliphatic heterocycles. The Morgan fingerprint density at radius 3 is 2.78 bits per heavy atom. The monoisotopic (exact) mass is 244 g/mol. The predicted molar refractivity (Wildman–Crippen MR) is 73.3 cm³/mol.